The summed E-state index contributed by atoms with van der Waals surface area (Å²) in [5.74, 6) is -1.08. The minimum absolute atomic E-state index is 0.0443. The summed E-state index contributed by atoms with van der Waals surface area (Å²) in [7, 11) is -3.82. The van der Waals surface area contributed by atoms with Crippen molar-refractivity contribution in [2.45, 2.75) is 62.6 Å². The average molecular weight is 445 g/mol. The van der Waals surface area contributed by atoms with E-state index in [4.69, 9.17) is 4.74 Å². The van der Waals surface area contributed by atoms with Crippen LogP contribution in [0.4, 0.5) is 0 Å². The lowest BCUT2D eigenvalue weighted by molar-refractivity contribution is -0.130. The largest absolute Gasteiger partial charge is 0.449 e. The number of rotatable bonds is 8. The molecular weight excluding hydrogens is 416 g/mol. The van der Waals surface area contributed by atoms with Crippen molar-refractivity contribution >= 4 is 21.9 Å². The van der Waals surface area contributed by atoms with Gasteiger partial charge in [0.1, 0.15) is 0 Å². The summed E-state index contributed by atoms with van der Waals surface area (Å²) in [6, 6.07) is 14.8. The van der Waals surface area contributed by atoms with Gasteiger partial charge in [0, 0.05) is 12.6 Å². The zero-order valence-corrected chi connectivity index (χ0v) is 18.4. The summed E-state index contributed by atoms with van der Waals surface area (Å²) in [6.45, 7) is 1.65. The van der Waals surface area contributed by atoms with Gasteiger partial charge in [-0.25, -0.2) is 17.9 Å². The third kappa shape index (κ3) is 6.63. The highest BCUT2D eigenvalue weighted by atomic mass is 32.2. The fourth-order valence-corrected chi connectivity index (χ4v) is 4.56. The Balaban J connectivity index is 1.60. The number of nitrogens with one attached hydrogen (secondary N) is 2. The van der Waals surface area contributed by atoms with Gasteiger partial charge >= 0.3 is 5.97 Å². The Morgan fingerprint density at radius 3 is 2.45 bits per heavy atom. The van der Waals surface area contributed by atoms with Crippen LogP contribution >= 0.6 is 0 Å². The normalized spacial score (nSPS) is 15.8. The van der Waals surface area contributed by atoms with Crippen molar-refractivity contribution in [1.82, 2.24) is 10.0 Å². The first-order valence-corrected chi connectivity index (χ1v) is 12.0. The second-order valence-corrected chi connectivity index (χ2v) is 9.50. The number of carbonyl (C=O) groups excluding carboxylic acids is 2. The Labute approximate surface area is 183 Å². The predicted molar refractivity (Wildman–Crippen MR) is 117 cm³/mol. The van der Waals surface area contributed by atoms with Gasteiger partial charge in [-0.15, -0.1) is 0 Å². The SMILES string of the molecule is C[C@@H](OC(=O)c1cccc(S(=O)(=O)NCc2ccccc2)c1)C(=O)NC1CCCCC1. The Bertz CT molecular complexity index is 1000. The maximum absolute atomic E-state index is 12.6. The lowest BCUT2D eigenvalue weighted by atomic mass is 9.95. The Morgan fingerprint density at radius 1 is 1.03 bits per heavy atom. The summed E-state index contributed by atoms with van der Waals surface area (Å²) < 4.78 is 33.0. The van der Waals surface area contributed by atoms with Gasteiger partial charge in [0.25, 0.3) is 5.91 Å². The zero-order valence-electron chi connectivity index (χ0n) is 17.5. The van der Waals surface area contributed by atoms with E-state index in [2.05, 4.69) is 10.0 Å². The topological polar surface area (TPSA) is 102 Å². The summed E-state index contributed by atoms with van der Waals surface area (Å²) in [6.07, 6.45) is 4.24. The van der Waals surface area contributed by atoms with Crippen molar-refractivity contribution in [2.24, 2.45) is 0 Å². The molecule has 2 aromatic rings. The Hall–Kier alpha value is -2.71. The molecule has 1 aliphatic carbocycles. The van der Waals surface area contributed by atoms with Gasteiger partial charge in [-0.05, 0) is 43.5 Å². The maximum atomic E-state index is 12.6. The molecule has 2 aromatic carbocycles. The number of benzene rings is 2. The highest BCUT2D eigenvalue weighted by Crippen LogP contribution is 2.18. The van der Waals surface area contributed by atoms with Crippen LogP contribution in [-0.2, 0) is 26.1 Å². The molecule has 3 rings (SSSR count). The number of ether oxygens (including phenoxy) is 1. The first-order valence-electron chi connectivity index (χ1n) is 10.5. The van der Waals surface area contributed by atoms with Gasteiger partial charge in [-0.3, -0.25) is 4.79 Å². The fraction of sp³-hybridized carbons (Fsp3) is 0.391. The van der Waals surface area contributed by atoms with Crippen LogP contribution < -0.4 is 10.0 Å². The van der Waals surface area contributed by atoms with E-state index in [1.807, 2.05) is 30.3 Å². The molecule has 1 aliphatic rings. The van der Waals surface area contributed by atoms with Gasteiger partial charge in [0.05, 0.1) is 10.5 Å². The average Bonchev–Trinajstić information content (AvgIpc) is 2.79. The van der Waals surface area contributed by atoms with Crippen molar-refractivity contribution in [3.05, 3.63) is 65.7 Å². The molecule has 1 atom stereocenters. The number of sulfonamides is 1. The predicted octanol–water partition coefficient (Wildman–Crippen LogP) is 3.16. The van der Waals surface area contributed by atoms with Gasteiger partial charge in [-0.1, -0.05) is 55.7 Å². The van der Waals surface area contributed by atoms with Gasteiger partial charge in [-0.2, -0.15) is 0 Å². The molecule has 0 spiro atoms. The second-order valence-electron chi connectivity index (χ2n) is 7.73. The first-order chi connectivity index (χ1) is 14.8. The van der Waals surface area contributed by atoms with Gasteiger partial charge < -0.3 is 10.1 Å². The molecule has 0 heterocycles. The first kappa shape index (κ1) is 23.0. The maximum Gasteiger partial charge on any atom is 0.338 e. The standard InChI is InChI=1S/C23H28N2O5S/c1-17(22(26)25-20-12-6-3-7-13-20)30-23(27)19-11-8-14-21(15-19)31(28,29)24-16-18-9-4-2-5-10-18/h2,4-5,8-11,14-15,17,20,24H,3,6-7,12-13,16H2,1H3,(H,25,26)/t17-/m1/s1. The molecule has 2 N–H and O–H groups in total. The van der Waals surface area contributed by atoms with Crippen LogP contribution in [-0.4, -0.2) is 32.4 Å². The van der Waals surface area contributed by atoms with Gasteiger partial charge in [0.2, 0.25) is 10.0 Å². The summed E-state index contributed by atoms with van der Waals surface area (Å²) in [5, 5.41) is 2.92. The highest BCUT2D eigenvalue weighted by Gasteiger charge is 2.24. The highest BCUT2D eigenvalue weighted by molar-refractivity contribution is 7.89. The summed E-state index contributed by atoms with van der Waals surface area (Å²) in [5.41, 5.74) is 0.888. The zero-order chi connectivity index (χ0) is 22.3. The molecule has 0 radical (unpaired) electrons. The Kier molecular flexibility index (Phi) is 7.81. The minimum atomic E-state index is -3.82. The molecule has 0 unspecified atom stereocenters. The van der Waals surface area contributed by atoms with Crippen molar-refractivity contribution in [2.75, 3.05) is 0 Å². The fourth-order valence-electron chi connectivity index (χ4n) is 3.50. The number of amides is 1. The van der Waals surface area contributed by atoms with Crippen LogP contribution in [0.5, 0.6) is 0 Å². The van der Waals surface area contributed by atoms with Gasteiger partial charge in [0.15, 0.2) is 6.10 Å². The molecule has 1 fully saturated rings. The quantitative estimate of drug-likeness (QED) is 0.609. The third-order valence-corrected chi connectivity index (χ3v) is 6.69. The lowest BCUT2D eigenvalue weighted by Crippen LogP contribution is -2.42. The van der Waals surface area contributed by atoms with Crippen molar-refractivity contribution < 1.29 is 22.7 Å². The van der Waals surface area contributed by atoms with E-state index in [1.54, 1.807) is 0 Å². The molecular formula is C23H28N2O5S. The molecule has 0 aromatic heterocycles. The second kappa shape index (κ2) is 10.5. The van der Waals surface area contributed by atoms with E-state index in [0.717, 1.165) is 31.2 Å². The van der Waals surface area contributed by atoms with Crippen molar-refractivity contribution in [1.29, 1.82) is 0 Å². The molecule has 166 valence electrons. The van der Waals surface area contributed by atoms with Crippen LogP contribution in [0.1, 0.15) is 54.9 Å². The molecule has 8 heteroatoms. The molecule has 0 bridgehead atoms. The molecule has 7 nitrogen and oxygen atoms in total. The molecule has 31 heavy (non-hydrogen) atoms. The van der Waals surface area contributed by atoms with E-state index < -0.39 is 22.1 Å². The molecule has 1 saturated carbocycles. The summed E-state index contributed by atoms with van der Waals surface area (Å²) >= 11 is 0. The van der Waals surface area contributed by atoms with Crippen molar-refractivity contribution in [3.63, 3.8) is 0 Å². The van der Waals surface area contributed by atoms with Crippen LogP contribution in [0, 0.1) is 0 Å². The van der Waals surface area contributed by atoms with Crippen molar-refractivity contribution in [3.8, 4) is 0 Å². The van der Waals surface area contributed by atoms with Crippen LogP contribution in [0.15, 0.2) is 59.5 Å². The lowest BCUT2D eigenvalue weighted by Gasteiger charge is -2.24. The van der Waals surface area contributed by atoms with E-state index in [1.165, 1.54) is 37.6 Å². The number of carbonyl (C=O) groups is 2. The van der Waals surface area contributed by atoms with Crippen LogP contribution in [0.3, 0.4) is 0 Å². The minimum Gasteiger partial charge on any atom is -0.449 e. The van der Waals surface area contributed by atoms with E-state index in [-0.39, 0.29) is 29.0 Å². The number of hydrogen-bond acceptors (Lipinski definition) is 5. The molecule has 0 saturated heterocycles. The van der Waals surface area contributed by atoms with Crippen LogP contribution in [0.2, 0.25) is 0 Å². The van der Waals surface area contributed by atoms with E-state index >= 15 is 0 Å². The smallest absolute Gasteiger partial charge is 0.338 e. The van der Waals surface area contributed by atoms with Crippen LogP contribution in [0.25, 0.3) is 0 Å². The number of esters is 1. The molecule has 1 amide bonds. The number of hydrogen-bond donors (Lipinski definition) is 2. The monoisotopic (exact) mass is 444 g/mol. The Morgan fingerprint density at radius 2 is 1.74 bits per heavy atom. The molecule has 0 aliphatic heterocycles. The third-order valence-electron chi connectivity index (χ3n) is 5.29. The van der Waals surface area contributed by atoms with E-state index in [9.17, 15) is 18.0 Å². The van der Waals surface area contributed by atoms with E-state index in [0.29, 0.717) is 0 Å². The summed E-state index contributed by atoms with van der Waals surface area (Å²) in [4.78, 5) is 24.8.